The predicted octanol–water partition coefficient (Wildman–Crippen LogP) is 5.23. The number of carbonyl (C=O) groups excluding carboxylic acids is 4. The van der Waals surface area contributed by atoms with Crippen molar-refractivity contribution in [3.63, 3.8) is 0 Å². The SMILES string of the molecule is COc1ccc(C(=O)Oc2ccc3ccccc3c2/C=N\NC(=O)C(=O)Nc2ccccc2C(=O)NC2CCCCC2)cc1OC. The number of amides is 3. The molecular weight excluding hydrogens is 588 g/mol. The van der Waals surface area contributed by atoms with Gasteiger partial charge in [-0.2, -0.15) is 5.10 Å². The van der Waals surface area contributed by atoms with E-state index in [0.717, 1.165) is 37.5 Å². The van der Waals surface area contributed by atoms with Crippen LogP contribution in [0.4, 0.5) is 5.69 Å². The lowest BCUT2D eigenvalue weighted by Gasteiger charge is -2.23. The Kier molecular flexibility index (Phi) is 10.2. The summed E-state index contributed by atoms with van der Waals surface area (Å²) in [6, 6.07) is 22.0. The molecule has 0 aliphatic heterocycles. The fourth-order valence-corrected chi connectivity index (χ4v) is 5.31. The number of esters is 1. The first-order valence-electron chi connectivity index (χ1n) is 14.9. The molecule has 0 aromatic heterocycles. The van der Waals surface area contributed by atoms with Gasteiger partial charge in [-0.3, -0.25) is 14.4 Å². The average molecular weight is 623 g/mol. The van der Waals surface area contributed by atoms with E-state index in [4.69, 9.17) is 14.2 Å². The predicted molar refractivity (Wildman–Crippen MR) is 174 cm³/mol. The molecule has 1 aliphatic rings. The highest BCUT2D eigenvalue weighted by molar-refractivity contribution is 6.40. The Morgan fingerprint density at radius 1 is 0.783 bits per heavy atom. The molecule has 0 unspecified atom stereocenters. The fraction of sp³-hybridized carbons (Fsp3) is 0.229. The van der Waals surface area contributed by atoms with E-state index >= 15 is 0 Å². The first-order chi connectivity index (χ1) is 22.4. The standard InChI is InChI=1S/C35H34N4O7/c1-44-30-19-17-23(20-31(30)45-2)35(43)46-29-18-16-22-10-6-7-13-25(22)27(29)21-36-39-34(42)33(41)38-28-15-9-8-14-26(28)32(40)37-24-11-4-3-5-12-24/h6-10,13-21,24H,3-5,11-12H2,1-2H3,(H,37,40)(H,38,41)(H,39,42)/b36-21-. The zero-order valence-electron chi connectivity index (χ0n) is 25.5. The maximum Gasteiger partial charge on any atom is 0.343 e. The Bertz CT molecular complexity index is 1800. The number of para-hydroxylation sites is 1. The van der Waals surface area contributed by atoms with Gasteiger partial charge in [-0.1, -0.05) is 61.7 Å². The summed E-state index contributed by atoms with van der Waals surface area (Å²) in [6.45, 7) is 0. The van der Waals surface area contributed by atoms with Crippen molar-refractivity contribution < 1.29 is 33.4 Å². The number of nitrogens with zero attached hydrogens (tertiary/aromatic N) is 1. The summed E-state index contributed by atoms with van der Waals surface area (Å²) in [6.07, 6.45) is 6.40. The summed E-state index contributed by atoms with van der Waals surface area (Å²) >= 11 is 0. The van der Waals surface area contributed by atoms with Crippen molar-refractivity contribution in [2.45, 2.75) is 38.1 Å². The van der Waals surface area contributed by atoms with Crippen molar-refractivity contribution in [1.29, 1.82) is 0 Å². The van der Waals surface area contributed by atoms with Gasteiger partial charge in [0.1, 0.15) is 5.75 Å². The summed E-state index contributed by atoms with van der Waals surface area (Å²) in [7, 11) is 2.96. The molecule has 1 saturated carbocycles. The van der Waals surface area contributed by atoms with Gasteiger partial charge in [0, 0.05) is 11.6 Å². The van der Waals surface area contributed by atoms with Crippen molar-refractivity contribution in [3.05, 3.63) is 95.6 Å². The van der Waals surface area contributed by atoms with Gasteiger partial charge >= 0.3 is 17.8 Å². The summed E-state index contributed by atoms with van der Waals surface area (Å²) in [4.78, 5) is 51.5. The minimum atomic E-state index is -1.05. The molecule has 236 valence electrons. The largest absolute Gasteiger partial charge is 0.493 e. The number of nitrogens with one attached hydrogen (secondary N) is 3. The van der Waals surface area contributed by atoms with Crippen LogP contribution in [-0.4, -0.2) is 50.2 Å². The Hall–Kier alpha value is -5.71. The van der Waals surface area contributed by atoms with E-state index in [9.17, 15) is 19.2 Å². The lowest BCUT2D eigenvalue weighted by atomic mass is 9.95. The van der Waals surface area contributed by atoms with Gasteiger partial charge in [0.2, 0.25) is 0 Å². The molecule has 0 bridgehead atoms. The van der Waals surface area contributed by atoms with Crippen molar-refractivity contribution >= 4 is 46.4 Å². The highest BCUT2D eigenvalue weighted by Gasteiger charge is 2.21. The minimum Gasteiger partial charge on any atom is -0.493 e. The van der Waals surface area contributed by atoms with E-state index in [0.29, 0.717) is 22.4 Å². The normalized spacial score (nSPS) is 13.2. The number of methoxy groups -OCH3 is 2. The second-order valence-electron chi connectivity index (χ2n) is 10.7. The molecule has 0 spiro atoms. The van der Waals surface area contributed by atoms with E-state index < -0.39 is 17.8 Å². The molecule has 1 fully saturated rings. The molecule has 46 heavy (non-hydrogen) atoms. The van der Waals surface area contributed by atoms with Crippen LogP contribution in [0.2, 0.25) is 0 Å². The molecule has 11 heteroatoms. The topological polar surface area (TPSA) is 144 Å². The molecular formula is C35H34N4O7. The molecule has 11 nitrogen and oxygen atoms in total. The molecule has 4 aromatic rings. The van der Waals surface area contributed by atoms with E-state index in [1.807, 2.05) is 24.3 Å². The van der Waals surface area contributed by atoms with Crippen LogP contribution >= 0.6 is 0 Å². The van der Waals surface area contributed by atoms with Crippen molar-refractivity contribution in [2.24, 2.45) is 5.10 Å². The van der Waals surface area contributed by atoms with Crippen LogP contribution in [-0.2, 0) is 9.59 Å². The maximum atomic E-state index is 13.1. The van der Waals surface area contributed by atoms with Gasteiger partial charge in [0.15, 0.2) is 11.5 Å². The third kappa shape index (κ3) is 7.49. The first-order valence-corrected chi connectivity index (χ1v) is 14.9. The third-order valence-corrected chi connectivity index (χ3v) is 7.68. The van der Waals surface area contributed by atoms with Crippen LogP contribution < -0.4 is 30.3 Å². The Morgan fingerprint density at radius 3 is 2.28 bits per heavy atom. The number of hydrazone groups is 1. The monoisotopic (exact) mass is 622 g/mol. The molecule has 0 radical (unpaired) electrons. The van der Waals surface area contributed by atoms with Gasteiger partial charge in [-0.15, -0.1) is 0 Å². The van der Waals surface area contributed by atoms with Crippen LogP contribution in [0.1, 0.15) is 58.4 Å². The quantitative estimate of drug-likeness (QED) is 0.0763. The number of ether oxygens (including phenoxy) is 3. The second-order valence-corrected chi connectivity index (χ2v) is 10.7. The summed E-state index contributed by atoms with van der Waals surface area (Å²) in [5.74, 6) is -2.02. The van der Waals surface area contributed by atoms with Crippen LogP contribution in [0.5, 0.6) is 17.2 Å². The number of hydrogen-bond acceptors (Lipinski definition) is 8. The molecule has 1 aliphatic carbocycles. The smallest absolute Gasteiger partial charge is 0.343 e. The summed E-state index contributed by atoms with van der Waals surface area (Å²) in [5.41, 5.74) is 3.31. The van der Waals surface area contributed by atoms with Gasteiger partial charge in [-0.25, -0.2) is 10.2 Å². The van der Waals surface area contributed by atoms with Crippen LogP contribution in [0.15, 0.2) is 84.0 Å². The number of hydrogen-bond donors (Lipinski definition) is 3. The van der Waals surface area contributed by atoms with Crippen LogP contribution in [0.25, 0.3) is 10.8 Å². The number of anilines is 1. The number of fused-ring (bicyclic) bond motifs is 1. The Balaban J connectivity index is 1.30. The fourth-order valence-electron chi connectivity index (χ4n) is 5.31. The minimum absolute atomic E-state index is 0.0833. The second kappa shape index (κ2) is 14.8. The molecule has 3 N–H and O–H groups in total. The highest BCUT2D eigenvalue weighted by Crippen LogP contribution is 2.30. The zero-order valence-corrected chi connectivity index (χ0v) is 25.5. The van der Waals surface area contributed by atoms with E-state index in [1.165, 1.54) is 26.5 Å². The highest BCUT2D eigenvalue weighted by atomic mass is 16.5. The molecule has 5 rings (SSSR count). The van der Waals surface area contributed by atoms with Gasteiger partial charge < -0.3 is 24.8 Å². The van der Waals surface area contributed by atoms with Crippen molar-refractivity contribution in [3.8, 4) is 17.2 Å². The Labute approximate surface area is 265 Å². The summed E-state index contributed by atoms with van der Waals surface area (Å²) < 4.78 is 16.3. The van der Waals surface area contributed by atoms with Gasteiger partial charge in [0.25, 0.3) is 5.91 Å². The molecule has 4 aromatic carbocycles. The zero-order chi connectivity index (χ0) is 32.5. The average Bonchev–Trinajstić information content (AvgIpc) is 3.09. The lowest BCUT2D eigenvalue weighted by molar-refractivity contribution is -0.136. The molecule has 0 atom stereocenters. The number of benzene rings is 4. The molecule has 0 saturated heterocycles. The van der Waals surface area contributed by atoms with Gasteiger partial charge in [0.05, 0.1) is 37.2 Å². The van der Waals surface area contributed by atoms with Crippen molar-refractivity contribution in [2.75, 3.05) is 19.5 Å². The first kappa shape index (κ1) is 31.7. The van der Waals surface area contributed by atoms with E-state index in [1.54, 1.807) is 48.5 Å². The Morgan fingerprint density at radius 2 is 1.50 bits per heavy atom. The summed E-state index contributed by atoms with van der Waals surface area (Å²) in [5, 5.41) is 11.0. The third-order valence-electron chi connectivity index (χ3n) is 7.68. The number of carbonyl (C=O) groups is 4. The maximum absolute atomic E-state index is 13.1. The molecule has 3 amide bonds. The van der Waals surface area contributed by atoms with E-state index in [-0.39, 0.29) is 34.5 Å². The van der Waals surface area contributed by atoms with Crippen molar-refractivity contribution in [1.82, 2.24) is 10.7 Å². The van der Waals surface area contributed by atoms with Crippen LogP contribution in [0, 0.1) is 0 Å². The number of rotatable bonds is 9. The molecule has 0 heterocycles. The van der Waals surface area contributed by atoms with Crippen LogP contribution in [0.3, 0.4) is 0 Å². The van der Waals surface area contributed by atoms with E-state index in [2.05, 4.69) is 21.2 Å². The van der Waals surface area contributed by atoms with Gasteiger partial charge in [-0.05, 0) is 60.0 Å². The lowest BCUT2D eigenvalue weighted by Crippen LogP contribution is -2.37.